The Morgan fingerprint density at radius 1 is 1.03 bits per heavy atom. The molecule has 0 radical (unpaired) electrons. The van der Waals surface area contributed by atoms with Crippen molar-refractivity contribution in [3.8, 4) is 17.1 Å². The highest BCUT2D eigenvalue weighted by Gasteiger charge is 2.28. The minimum atomic E-state index is -0.725. The molecule has 1 saturated carbocycles. The number of esters is 1. The van der Waals surface area contributed by atoms with Crippen LogP contribution in [0.2, 0.25) is 0 Å². The van der Waals surface area contributed by atoms with Gasteiger partial charge >= 0.3 is 5.97 Å². The van der Waals surface area contributed by atoms with Crippen LogP contribution in [0.3, 0.4) is 0 Å². The first-order chi connectivity index (χ1) is 15.5. The maximum atomic E-state index is 12.6. The van der Waals surface area contributed by atoms with Gasteiger partial charge in [-0.1, -0.05) is 75.2 Å². The van der Waals surface area contributed by atoms with Crippen molar-refractivity contribution in [3.63, 3.8) is 0 Å². The lowest BCUT2D eigenvalue weighted by atomic mass is 9.78. The van der Waals surface area contributed by atoms with Crippen LogP contribution in [0.15, 0.2) is 60.7 Å². The zero-order valence-electron chi connectivity index (χ0n) is 18.4. The second-order valence-electron chi connectivity index (χ2n) is 8.39. The maximum absolute atomic E-state index is 12.6. The van der Waals surface area contributed by atoms with Crippen molar-refractivity contribution in [3.05, 3.63) is 66.5 Å². The molecule has 3 aromatic rings. The molecule has 0 aliphatic heterocycles. The van der Waals surface area contributed by atoms with Crippen LogP contribution < -0.4 is 5.32 Å². The topological polar surface area (TPSA) is 86.1 Å². The molecule has 1 N–H and O–H groups in total. The Labute approximate surface area is 187 Å². The molecule has 1 aliphatic rings. The molecule has 1 aromatic heterocycles. The number of rotatable bonds is 6. The zero-order valence-corrected chi connectivity index (χ0v) is 18.4. The van der Waals surface area contributed by atoms with Crippen molar-refractivity contribution in [1.29, 1.82) is 0 Å². The van der Waals surface area contributed by atoms with E-state index in [0.29, 0.717) is 17.7 Å². The molecule has 1 amide bonds. The van der Waals surface area contributed by atoms with Crippen LogP contribution in [0.1, 0.15) is 43.7 Å². The summed E-state index contributed by atoms with van der Waals surface area (Å²) < 4.78 is 6.85. The Bertz CT molecular complexity index is 1010. The van der Waals surface area contributed by atoms with E-state index in [1.807, 2.05) is 60.7 Å². The van der Waals surface area contributed by atoms with Crippen molar-refractivity contribution in [2.75, 3.05) is 6.61 Å². The van der Waals surface area contributed by atoms with E-state index >= 15 is 0 Å². The predicted molar refractivity (Wildman–Crippen MR) is 121 cm³/mol. The van der Waals surface area contributed by atoms with E-state index in [9.17, 15) is 9.59 Å². The number of carbonyl (C=O) groups is 2. The van der Waals surface area contributed by atoms with Gasteiger partial charge in [0.1, 0.15) is 0 Å². The highest BCUT2D eigenvalue weighted by molar-refractivity contribution is 5.88. The van der Waals surface area contributed by atoms with Crippen molar-refractivity contribution >= 4 is 11.9 Å². The second-order valence-corrected chi connectivity index (χ2v) is 8.39. The summed E-state index contributed by atoms with van der Waals surface area (Å²) in [5.74, 6) is 0.393. The third-order valence-corrected chi connectivity index (χ3v) is 6.21. The lowest BCUT2D eigenvalue weighted by Crippen LogP contribution is -2.45. The smallest absolute Gasteiger partial charge is 0.378 e. The number of nitrogens with zero attached hydrogens (tertiary/aromatic N) is 3. The van der Waals surface area contributed by atoms with Gasteiger partial charge in [-0.3, -0.25) is 4.79 Å². The molecule has 32 heavy (non-hydrogen) atoms. The van der Waals surface area contributed by atoms with Crippen LogP contribution in [-0.2, 0) is 9.53 Å². The maximum Gasteiger partial charge on any atom is 0.378 e. The summed E-state index contributed by atoms with van der Waals surface area (Å²) in [7, 11) is 0. The molecule has 0 unspecified atom stereocenters. The molecule has 1 fully saturated rings. The van der Waals surface area contributed by atoms with E-state index in [2.05, 4.69) is 29.2 Å². The fourth-order valence-electron chi connectivity index (χ4n) is 4.15. The van der Waals surface area contributed by atoms with Gasteiger partial charge in [-0.25, -0.2) is 14.5 Å². The number of hydrogen-bond acceptors (Lipinski definition) is 5. The number of ether oxygens (including phenoxy) is 1. The molecular weight excluding hydrogens is 404 g/mol. The van der Waals surface area contributed by atoms with Gasteiger partial charge in [0, 0.05) is 11.6 Å². The summed E-state index contributed by atoms with van der Waals surface area (Å²) in [5, 5.41) is 7.38. The van der Waals surface area contributed by atoms with Crippen LogP contribution in [0, 0.1) is 11.8 Å². The summed E-state index contributed by atoms with van der Waals surface area (Å²) >= 11 is 0. The van der Waals surface area contributed by atoms with E-state index in [0.717, 1.165) is 24.1 Å². The first kappa shape index (κ1) is 21.7. The van der Waals surface area contributed by atoms with Gasteiger partial charge in [0.15, 0.2) is 12.4 Å². The van der Waals surface area contributed by atoms with Gasteiger partial charge in [0.2, 0.25) is 0 Å². The molecule has 166 valence electrons. The largest absolute Gasteiger partial charge is 0.450 e. The van der Waals surface area contributed by atoms with Gasteiger partial charge in [-0.15, -0.1) is 5.10 Å². The van der Waals surface area contributed by atoms with E-state index in [1.165, 1.54) is 6.42 Å². The van der Waals surface area contributed by atoms with Crippen molar-refractivity contribution in [2.24, 2.45) is 11.8 Å². The second kappa shape index (κ2) is 9.77. The normalized spacial score (nSPS) is 20.5. The lowest BCUT2D eigenvalue weighted by Gasteiger charge is -2.34. The highest BCUT2D eigenvalue weighted by atomic mass is 16.5. The molecule has 2 aromatic carbocycles. The van der Waals surface area contributed by atoms with Crippen molar-refractivity contribution < 1.29 is 14.3 Å². The molecule has 0 saturated heterocycles. The quantitative estimate of drug-likeness (QED) is 0.595. The Morgan fingerprint density at radius 3 is 2.44 bits per heavy atom. The lowest BCUT2D eigenvalue weighted by molar-refractivity contribution is -0.125. The Kier molecular flexibility index (Phi) is 6.63. The molecule has 1 heterocycles. The fraction of sp³-hybridized carbons (Fsp3) is 0.360. The zero-order chi connectivity index (χ0) is 22.5. The van der Waals surface area contributed by atoms with Gasteiger partial charge in [0.05, 0.1) is 5.69 Å². The van der Waals surface area contributed by atoms with Gasteiger partial charge in [-0.2, -0.15) is 0 Å². The monoisotopic (exact) mass is 432 g/mol. The van der Waals surface area contributed by atoms with Crippen molar-refractivity contribution in [1.82, 2.24) is 20.1 Å². The summed E-state index contributed by atoms with van der Waals surface area (Å²) in [5.41, 5.74) is 1.59. The third kappa shape index (κ3) is 4.88. The van der Waals surface area contributed by atoms with E-state index in [1.54, 1.807) is 4.68 Å². The van der Waals surface area contributed by atoms with Crippen LogP contribution in [0.4, 0.5) is 0 Å². The first-order valence-corrected chi connectivity index (χ1v) is 11.1. The molecular formula is C25H28N4O3. The average Bonchev–Trinajstić information content (AvgIpc) is 3.27. The Balaban J connectivity index is 1.47. The number of aromatic nitrogens is 3. The molecule has 1 aliphatic carbocycles. The van der Waals surface area contributed by atoms with Gasteiger partial charge in [0.25, 0.3) is 11.7 Å². The van der Waals surface area contributed by atoms with Crippen LogP contribution in [0.25, 0.3) is 17.1 Å². The summed E-state index contributed by atoms with van der Waals surface area (Å²) in [6, 6.07) is 19.1. The average molecular weight is 433 g/mol. The number of hydrogen-bond donors (Lipinski definition) is 1. The third-order valence-electron chi connectivity index (χ3n) is 6.21. The van der Waals surface area contributed by atoms with E-state index in [-0.39, 0.29) is 24.4 Å². The highest BCUT2D eigenvalue weighted by Crippen LogP contribution is 2.29. The summed E-state index contributed by atoms with van der Waals surface area (Å²) in [6.45, 7) is 4.02. The SMILES string of the molecule is C[C@@H]1[C@H](C)CCC[C@@H]1NC(=O)COC(=O)c1nc(-c2ccccc2)n(-c2ccccc2)n1. The number of para-hydroxylation sites is 1. The Hall–Kier alpha value is -3.48. The van der Waals surface area contributed by atoms with Gasteiger partial charge < -0.3 is 10.1 Å². The predicted octanol–water partition coefficient (Wildman–Crippen LogP) is 4.03. The Morgan fingerprint density at radius 2 is 1.72 bits per heavy atom. The number of carbonyl (C=O) groups excluding carboxylic acids is 2. The number of amides is 1. The number of benzene rings is 2. The molecule has 7 heteroatoms. The molecule has 7 nitrogen and oxygen atoms in total. The fourth-order valence-corrected chi connectivity index (χ4v) is 4.15. The molecule has 0 bridgehead atoms. The minimum absolute atomic E-state index is 0.0832. The molecule has 3 atom stereocenters. The summed E-state index contributed by atoms with van der Waals surface area (Å²) in [4.78, 5) is 29.4. The van der Waals surface area contributed by atoms with E-state index < -0.39 is 5.97 Å². The van der Waals surface area contributed by atoms with Crippen LogP contribution in [0.5, 0.6) is 0 Å². The van der Waals surface area contributed by atoms with Gasteiger partial charge in [-0.05, 0) is 30.4 Å². The van der Waals surface area contributed by atoms with Crippen LogP contribution in [-0.4, -0.2) is 39.3 Å². The first-order valence-electron chi connectivity index (χ1n) is 11.1. The molecule has 0 spiro atoms. The van der Waals surface area contributed by atoms with Crippen LogP contribution >= 0.6 is 0 Å². The standard InChI is InChI=1S/C25H28N4O3/c1-17-10-9-15-21(18(17)2)26-22(30)16-32-25(31)23-27-24(19-11-5-3-6-12-19)29(28-23)20-13-7-4-8-14-20/h3-8,11-14,17-18,21H,9-10,15-16H2,1-2H3,(H,26,30)/t17-,18-,21+/m1/s1. The minimum Gasteiger partial charge on any atom is -0.450 e. The number of nitrogens with one attached hydrogen (secondary N) is 1. The molecule has 4 rings (SSSR count). The van der Waals surface area contributed by atoms with E-state index in [4.69, 9.17) is 4.74 Å². The van der Waals surface area contributed by atoms with Crippen molar-refractivity contribution in [2.45, 2.75) is 39.2 Å². The summed E-state index contributed by atoms with van der Waals surface area (Å²) in [6.07, 6.45) is 3.23.